The van der Waals surface area contributed by atoms with E-state index in [4.69, 9.17) is 0 Å². The first kappa shape index (κ1) is 8.79. The van der Waals surface area contributed by atoms with Gasteiger partial charge in [-0.3, -0.25) is 0 Å². The number of nitrogens with one attached hydrogen (secondary N) is 1. The van der Waals surface area contributed by atoms with Crippen LogP contribution >= 0.6 is 0 Å². The molecular formula is C10H19N. The predicted octanol–water partition coefficient (Wildman–Crippen LogP) is 2.34. The van der Waals surface area contributed by atoms with Crippen molar-refractivity contribution in [3.63, 3.8) is 0 Å². The normalized spacial score (nSPS) is 22.8. The third-order valence-electron chi connectivity index (χ3n) is 2.64. The molecule has 1 aliphatic rings. The number of rotatable bonds is 4. The zero-order valence-corrected chi connectivity index (χ0v) is 7.91. The SMILES string of the molecule is C=C(C)C(NCC)C1(C)CC1. The first-order valence-corrected chi connectivity index (χ1v) is 4.49. The van der Waals surface area contributed by atoms with Crippen LogP contribution in [-0.2, 0) is 0 Å². The maximum Gasteiger partial charge on any atom is 0.0328 e. The van der Waals surface area contributed by atoms with Gasteiger partial charge in [0.15, 0.2) is 0 Å². The third kappa shape index (κ3) is 1.84. The van der Waals surface area contributed by atoms with Gasteiger partial charge >= 0.3 is 0 Å². The van der Waals surface area contributed by atoms with E-state index in [-0.39, 0.29) is 0 Å². The minimum absolute atomic E-state index is 0.530. The Morgan fingerprint density at radius 3 is 2.45 bits per heavy atom. The van der Waals surface area contributed by atoms with Crippen molar-refractivity contribution in [3.8, 4) is 0 Å². The highest BCUT2D eigenvalue weighted by molar-refractivity contribution is 5.14. The second kappa shape index (κ2) is 2.98. The maximum atomic E-state index is 4.02. The molecular weight excluding hydrogens is 134 g/mol. The lowest BCUT2D eigenvalue weighted by Crippen LogP contribution is -2.36. The molecule has 1 nitrogen and oxygen atoms in total. The lowest BCUT2D eigenvalue weighted by molar-refractivity contribution is 0.408. The van der Waals surface area contributed by atoms with Gasteiger partial charge in [-0.1, -0.05) is 26.0 Å². The molecule has 1 saturated carbocycles. The number of likely N-dealkylation sites (N-methyl/N-ethyl adjacent to an activating group) is 1. The molecule has 1 aliphatic carbocycles. The van der Waals surface area contributed by atoms with Crippen molar-refractivity contribution in [1.82, 2.24) is 5.32 Å². The molecule has 0 heterocycles. The minimum Gasteiger partial charge on any atom is -0.310 e. The monoisotopic (exact) mass is 153 g/mol. The summed E-state index contributed by atoms with van der Waals surface area (Å²) in [5.41, 5.74) is 1.81. The summed E-state index contributed by atoms with van der Waals surface area (Å²) in [4.78, 5) is 0. The van der Waals surface area contributed by atoms with Gasteiger partial charge in [0.1, 0.15) is 0 Å². The van der Waals surface area contributed by atoms with E-state index < -0.39 is 0 Å². The summed E-state index contributed by atoms with van der Waals surface area (Å²) < 4.78 is 0. The van der Waals surface area contributed by atoms with E-state index in [0.29, 0.717) is 11.5 Å². The van der Waals surface area contributed by atoms with Crippen molar-refractivity contribution in [3.05, 3.63) is 12.2 Å². The second-order valence-electron chi connectivity index (χ2n) is 3.99. The molecule has 0 aromatic carbocycles. The van der Waals surface area contributed by atoms with Crippen molar-refractivity contribution >= 4 is 0 Å². The molecule has 0 bridgehead atoms. The van der Waals surface area contributed by atoms with E-state index >= 15 is 0 Å². The van der Waals surface area contributed by atoms with E-state index in [9.17, 15) is 0 Å². The first-order valence-electron chi connectivity index (χ1n) is 4.49. The van der Waals surface area contributed by atoms with Gasteiger partial charge in [0.2, 0.25) is 0 Å². The Balaban J connectivity index is 2.52. The van der Waals surface area contributed by atoms with Gasteiger partial charge in [-0.05, 0) is 31.7 Å². The van der Waals surface area contributed by atoms with Crippen molar-refractivity contribution < 1.29 is 0 Å². The van der Waals surface area contributed by atoms with Crippen LogP contribution in [0.25, 0.3) is 0 Å². The standard InChI is InChI=1S/C10H19N/c1-5-11-9(8(2)3)10(4)6-7-10/h9,11H,2,5-7H2,1,3-4H3. The molecule has 11 heavy (non-hydrogen) atoms. The van der Waals surface area contributed by atoms with Crippen LogP contribution < -0.4 is 5.32 Å². The zero-order chi connectivity index (χ0) is 8.48. The number of hydrogen-bond donors (Lipinski definition) is 1. The van der Waals surface area contributed by atoms with Crippen molar-refractivity contribution in [1.29, 1.82) is 0 Å². The minimum atomic E-state index is 0.530. The highest BCUT2D eigenvalue weighted by Crippen LogP contribution is 2.49. The molecule has 0 aliphatic heterocycles. The third-order valence-corrected chi connectivity index (χ3v) is 2.64. The number of hydrogen-bond acceptors (Lipinski definition) is 1. The second-order valence-corrected chi connectivity index (χ2v) is 3.99. The molecule has 1 heteroatoms. The lowest BCUT2D eigenvalue weighted by Gasteiger charge is -2.24. The summed E-state index contributed by atoms with van der Waals surface area (Å²) in [6.07, 6.45) is 2.72. The van der Waals surface area contributed by atoms with Crippen molar-refractivity contribution in [2.45, 2.75) is 39.7 Å². The Labute approximate surface area is 69.9 Å². The largest absolute Gasteiger partial charge is 0.310 e. The molecule has 1 N–H and O–H groups in total. The van der Waals surface area contributed by atoms with Crippen molar-refractivity contribution in [2.24, 2.45) is 5.41 Å². The molecule has 0 saturated heterocycles. The molecule has 1 fully saturated rings. The topological polar surface area (TPSA) is 12.0 Å². The quantitative estimate of drug-likeness (QED) is 0.611. The smallest absolute Gasteiger partial charge is 0.0328 e. The van der Waals surface area contributed by atoms with Gasteiger partial charge in [-0.15, -0.1) is 0 Å². The van der Waals surface area contributed by atoms with Crippen LogP contribution in [0, 0.1) is 5.41 Å². The average molecular weight is 153 g/mol. The van der Waals surface area contributed by atoms with Gasteiger partial charge in [0.05, 0.1) is 0 Å². The molecule has 1 rings (SSSR count). The maximum absolute atomic E-state index is 4.02. The van der Waals surface area contributed by atoms with Crippen LogP contribution in [-0.4, -0.2) is 12.6 Å². The van der Waals surface area contributed by atoms with Gasteiger partial charge in [-0.2, -0.15) is 0 Å². The first-order chi connectivity index (χ1) is 5.10. The Hall–Kier alpha value is -0.300. The van der Waals surface area contributed by atoms with Crippen LogP contribution in [0.2, 0.25) is 0 Å². The average Bonchev–Trinajstić information content (AvgIpc) is 2.63. The highest BCUT2D eigenvalue weighted by atomic mass is 14.9. The Morgan fingerprint density at radius 1 is 1.64 bits per heavy atom. The van der Waals surface area contributed by atoms with Crippen LogP contribution in [0.3, 0.4) is 0 Å². The van der Waals surface area contributed by atoms with E-state index in [1.54, 1.807) is 0 Å². The van der Waals surface area contributed by atoms with E-state index in [2.05, 4.69) is 32.7 Å². The van der Waals surface area contributed by atoms with Crippen LogP contribution in [0.4, 0.5) is 0 Å². The van der Waals surface area contributed by atoms with E-state index in [1.807, 2.05) is 0 Å². The predicted molar refractivity (Wildman–Crippen MR) is 49.6 cm³/mol. The van der Waals surface area contributed by atoms with Crippen molar-refractivity contribution in [2.75, 3.05) is 6.54 Å². The van der Waals surface area contributed by atoms with E-state index in [0.717, 1.165) is 6.54 Å². The summed E-state index contributed by atoms with van der Waals surface area (Å²) in [5, 5.41) is 3.48. The Kier molecular flexibility index (Phi) is 2.38. The summed E-state index contributed by atoms with van der Waals surface area (Å²) >= 11 is 0. The lowest BCUT2D eigenvalue weighted by atomic mass is 9.93. The Bertz CT molecular complexity index is 156. The fraction of sp³-hybridized carbons (Fsp3) is 0.800. The fourth-order valence-corrected chi connectivity index (χ4v) is 1.71. The van der Waals surface area contributed by atoms with Gasteiger partial charge < -0.3 is 5.32 Å². The summed E-state index contributed by atoms with van der Waals surface area (Å²) in [5.74, 6) is 0. The molecule has 0 aromatic rings. The van der Waals surface area contributed by atoms with Crippen LogP contribution in [0.1, 0.15) is 33.6 Å². The summed E-state index contributed by atoms with van der Waals surface area (Å²) in [7, 11) is 0. The molecule has 0 aromatic heterocycles. The molecule has 1 unspecified atom stereocenters. The highest BCUT2D eigenvalue weighted by Gasteiger charge is 2.44. The van der Waals surface area contributed by atoms with Gasteiger partial charge in [0.25, 0.3) is 0 Å². The van der Waals surface area contributed by atoms with Crippen LogP contribution in [0.15, 0.2) is 12.2 Å². The summed E-state index contributed by atoms with van der Waals surface area (Å²) in [6.45, 7) is 11.7. The summed E-state index contributed by atoms with van der Waals surface area (Å²) in [6, 6.07) is 0.549. The molecule has 1 atom stereocenters. The molecule has 0 radical (unpaired) electrons. The zero-order valence-electron chi connectivity index (χ0n) is 7.91. The molecule has 0 amide bonds. The van der Waals surface area contributed by atoms with Gasteiger partial charge in [-0.25, -0.2) is 0 Å². The van der Waals surface area contributed by atoms with E-state index in [1.165, 1.54) is 18.4 Å². The fourth-order valence-electron chi connectivity index (χ4n) is 1.71. The molecule has 64 valence electrons. The van der Waals surface area contributed by atoms with Gasteiger partial charge in [0, 0.05) is 6.04 Å². The molecule has 0 spiro atoms. The Morgan fingerprint density at radius 2 is 2.18 bits per heavy atom. The van der Waals surface area contributed by atoms with Crippen LogP contribution in [0.5, 0.6) is 0 Å².